The molecule has 0 nitrogen and oxygen atoms in total. The second kappa shape index (κ2) is 10.8. The van der Waals surface area contributed by atoms with E-state index in [2.05, 4.69) is 157 Å². The molecule has 0 N–H and O–H groups in total. The van der Waals surface area contributed by atoms with Crippen LogP contribution in [0.5, 0.6) is 0 Å². The molecule has 4 aromatic carbocycles. The van der Waals surface area contributed by atoms with Crippen molar-refractivity contribution in [3.05, 3.63) is 157 Å². The van der Waals surface area contributed by atoms with Crippen molar-refractivity contribution >= 4 is 41.6 Å². The molecule has 34 heavy (non-hydrogen) atoms. The van der Waals surface area contributed by atoms with Gasteiger partial charge in [-0.05, 0) is 59.4 Å². The van der Waals surface area contributed by atoms with Crippen LogP contribution >= 0.6 is 14.8 Å². The van der Waals surface area contributed by atoms with E-state index in [0.29, 0.717) is 0 Å². The van der Waals surface area contributed by atoms with Crippen LogP contribution in [0.15, 0.2) is 157 Å². The third kappa shape index (κ3) is 5.00. The average molecular weight is 475 g/mol. The Morgan fingerprint density at radius 1 is 0.559 bits per heavy atom. The van der Waals surface area contributed by atoms with Gasteiger partial charge in [0.15, 0.2) is 0 Å². The van der Waals surface area contributed by atoms with Crippen LogP contribution in [0.4, 0.5) is 0 Å². The summed E-state index contributed by atoms with van der Waals surface area (Å²) < 4.78 is 0. The number of allylic oxidation sites excluding steroid dienone is 5. The first kappa shape index (κ1) is 22.6. The summed E-state index contributed by atoms with van der Waals surface area (Å²) >= 11 is 0. The second-order valence-corrected chi connectivity index (χ2v) is 13.8. The maximum atomic E-state index is 2.72. The van der Waals surface area contributed by atoms with Gasteiger partial charge in [-0.1, -0.05) is 146 Å². The van der Waals surface area contributed by atoms with Crippen LogP contribution in [0.3, 0.4) is 0 Å². The number of hydrogen-bond acceptors (Lipinski definition) is 0. The highest BCUT2D eigenvalue weighted by atomic mass is 31.2. The summed E-state index contributed by atoms with van der Waals surface area (Å²) in [6.07, 6.45) is 9.82. The molecule has 0 fully saturated rings. The van der Waals surface area contributed by atoms with E-state index in [0.717, 1.165) is 6.42 Å². The summed E-state index contributed by atoms with van der Waals surface area (Å²) in [7, 11) is -0.675. The minimum Gasteiger partial charge on any atom is -0.0801 e. The predicted molar refractivity (Wildman–Crippen MR) is 155 cm³/mol. The SMILES string of the molecule is C1=CC/C(=C\P(=CP(c2ccccc2)c2ccccc2)(c2ccccc2)c2ccccc2)C=C1. The van der Waals surface area contributed by atoms with Crippen molar-refractivity contribution in [2.75, 3.05) is 0 Å². The van der Waals surface area contributed by atoms with Gasteiger partial charge in [-0.2, -0.15) is 0 Å². The fourth-order valence-corrected chi connectivity index (χ4v) is 12.1. The van der Waals surface area contributed by atoms with Crippen molar-refractivity contribution in [2.45, 2.75) is 6.42 Å². The molecule has 1 aliphatic rings. The van der Waals surface area contributed by atoms with Crippen molar-refractivity contribution in [2.24, 2.45) is 0 Å². The molecule has 0 heterocycles. The highest BCUT2D eigenvalue weighted by Crippen LogP contribution is 2.53. The molecule has 0 unspecified atom stereocenters. The second-order valence-electron chi connectivity index (χ2n) is 8.30. The lowest BCUT2D eigenvalue weighted by molar-refractivity contribution is 1.27. The molecule has 166 valence electrons. The molecule has 0 bridgehead atoms. The number of hydrogen-bond donors (Lipinski definition) is 0. The van der Waals surface area contributed by atoms with E-state index in [-0.39, 0.29) is 0 Å². The zero-order valence-corrected chi connectivity index (χ0v) is 20.9. The van der Waals surface area contributed by atoms with Crippen LogP contribution in [0, 0.1) is 0 Å². The summed E-state index contributed by atoms with van der Waals surface area (Å²) in [5, 5.41) is 5.57. The maximum absolute atomic E-state index is 2.72. The molecular formula is C32H28P2. The van der Waals surface area contributed by atoms with Crippen molar-refractivity contribution in [3.8, 4) is 0 Å². The molecule has 0 saturated carbocycles. The standard InChI is InChI=1S/C32H28P2/c1-6-16-28(17-7-1)26-34(31-22-12-4-13-23-31,32-24-14-5-15-25-32)27-33(29-18-8-2-9-19-29)30-20-10-3-11-21-30/h1-16,18-27H,17H2/b28-26-. The molecule has 0 amide bonds. The van der Waals surface area contributed by atoms with Gasteiger partial charge in [0.2, 0.25) is 0 Å². The highest BCUT2D eigenvalue weighted by Gasteiger charge is 2.24. The quantitative estimate of drug-likeness (QED) is 0.265. The van der Waals surface area contributed by atoms with Gasteiger partial charge >= 0.3 is 0 Å². The van der Waals surface area contributed by atoms with Crippen LogP contribution in [0.25, 0.3) is 0 Å². The third-order valence-corrected chi connectivity index (χ3v) is 13.1. The highest BCUT2D eigenvalue weighted by molar-refractivity contribution is 8.06. The summed E-state index contributed by atoms with van der Waals surface area (Å²) in [5.74, 6) is 2.60. The first-order valence-electron chi connectivity index (χ1n) is 11.7. The zero-order valence-electron chi connectivity index (χ0n) is 19.1. The summed E-state index contributed by atoms with van der Waals surface area (Å²) in [6, 6.07) is 44.3. The van der Waals surface area contributed by atoms with E-state index in [1.165, 1.54) is 26.8 Å². The Labute approximate surface area is 204 Å². The van der Waals surface area contributed by atoms with Crippen LogP contribution < -0.4 is 21.2 Å². The molecule has 2 heteroatoms. The molecular weight excluding hydrogens is 446 g/mol. The van der Waals surface area contributed by atoms with Gasteiger partial charge in [-0.25, -0.2) is 0 Å². The molecule has 5 rings (SSSR count). The monoisotopic (exact) mass is 474 g/mol. The van der Waals surface area contributed by atoms with E-state index in [1.54, 1.807) is 0 Å². The van der Waals surface area contributed by atoms with Crippen molar-refractivity contribution in [1.82, 2.24) is 0 Å². The molecule has 0 atom stereocenters. The van der Waals surface area contributed by atoms with Crippen molar-refractivity contribution in [3.63, 3.8) is 0 Å². The summed E-state index contributed by atoms with van der Waals surface area (Å²) in [6.45, 7) is -2.00. The van der Waals surface area contributed by atoms with E-state index in [1.807, 2.05) is 0 Å². The van der Waals surface area contributed by atoms with Gasteiger partial charge in [0.05, 0.1) is 0 Å². The smallest absolute Gasteiger partial charge is 0.00937 e. The lowest BCUT2D eigenvalue weighted by Gasteiger charge is -2.29. The van der Waals surface area contributed by atoms with E-state index in [9.17, 15) is 0 Å². The minimum atomic E-state index is -2.00. The van der Waals surface area contributed by atoms with Crippen molar-refractivity contribution < 1.29 is 0 Å². The summed E-state index contributed by atoms with van der Waals surface area (Å²) in [5.41, 5.74) is 4.10. The summed E-state index contributed by atoms with van der Waals surface area (Å²) in [4.78, 5) is 0. The number of rotatable bonds is 6. The zero-order chi connectivity index (χ0) is 23.1. The first-order chi connectivity index (χ1) is 16.9. The minimum absolute atomic E-state index is 0.675. The Balaban J connectivity index is 1.86. The maximum Gasteiger partial charge on any atom is -0.00937 e. The van der Waals surface area contributed by atoms with Gasteiger partial charge in [-0.15, -0.1) is 0 Å². The Morgan fingerprint density at radius 3 is 1.47 bits per heavy atom. The Bertz CT molecular complexity index is 1270. The van der Waals surface area contributed by atoms with Crippen LogP contribution in [-0.4, -0.2) is 5.54 Å². The molecule has 0 aromatic heterocycles. The molecule has 0 saturated heterocycles. The topological polar surface area (TPSA) is 0 Å². The Morgan fingerprint density at radius 2 is 1.03 bits per heavy atom. The van der Waals surface area contributed by atoms with Gasteiger partial charge < -0.3 is 0 Å². The van der Waals surface area contributed by atoms with Crippen LogP contribution in [0.2, 0.25) is 0 Å². The van der Waals surface area contributed by atoms with Gasteiger partial charge in [0.25, 0.3) is 0 Å². The van der Waals surface area contributed by atoms with Gasteiger partial charge in [0.1, 0.15) is 0 Å². The molecule has 0 radical (unpaired) electrons. The normalized spacial score (nSPS) is 14.4. The van der Waals surface area contributed by atoms with E-state index < -0.39 is 14.8 Å². The lowest BCUT2D eigenvalue weighted by Crippen LogP contribution is -2.20. The molecule has 0 spiro atoms. The molecule has 4 aromatic rings. The van der Waals surface area contributed by atoms with Crippen molar-refractivity contribution in [1.29, 1.82) is 0 Å². The van der Waals surface area contributed by atoms with Crippen LogP contribution in [-0.2, 0) is 0 Å². The fraction of sp³-hybridized carbons (Fsp3) is 0.0312. The fourth-order valence-electron chi connectivity index (χ4n) is 4.34. The molecule has 0 aliphatic heterocycles. The van der Waals surface area contributed by atoms with Crippen LogP contribution in [0.1, 0.15) is 6.42 Å². The van der Waals surface area contributed by atoms with Gasteiger partial charge in [0, 0.05) is 0 Å². The molecule has 1 aliphatic carbocycles. The van der Waals surface area contributed by atoms with Gasteiger partial charge in [-0.3, -0.25) is 0 Å². The van der Waals surface area contributed by atoms with E-state index in [4.69, 9.17) is 0 Å². The predicted octanol–water partition coefficient (Wildman–Crippen LogP) is 6.95. The Kier molecular flexibility index (Phi) is 7.21. The lowest BCUT2D eigenvalue weighted by atomic mass is 10.1. The average Bonchev–Trinajstić information content (AvgIpc) is 2.93. The first-order valence-corrected chi connectivity index (χ1v) is 15.0. The number of benzene rings is 4. The third-order valence-electron chi connectivity index (χ3n) is 6.01. The largest absolute Gasteiger partial charge is 0.0801 e. The Hall–Kier alpha value is -3.17. The van der Waals surface area contributed by atoms with E-state index >= 15 is 0 Å².